The van der Waals surface area contributed by atoms with Gasteiger partial charge < -0.3 is 15.0 Å². The predicted octanol–water partition coefficient (Wildman–Crippen LogP) is 5.59. The maximum absolute atomic E-state index is 12.8. The van der Waals surface area contributed by atoms with Crippen LogP contribution in [0.15, 0.2) is 78.9 Å². The van der Waals surface area contributed by atoms with Crippen molar-refractivity contribution in [3.05, 3.63) is 95.7 Å². The van der Waals surface area contributed by atoms with Crippen LogP contribution in [0.5, 0.6) is 11.5 Å². The molecule has 2 N–H and O–H groups in total. The first-order valence-electron chi connectivity index (χ1n) is 12.0. The quantitative estimate of drug-likeness (QED) is 0.383. The summed E-state index contributed by atoms with van der Waals surface area (Å²) in [5, 5.41) is 4.41. The first kappa shape index (κ1) is 22.2. The van der Waals surface area contributed by atoms with Gasteiger partial charge in [0.1, 0.15) is 11.5 Å². The van der Waals surface area contributed by atoms with Gasteiger partial charge in [-0.1, -0.05) is 48.5 Å². The van der Waals surface area contributed by atoms with Crippen LogP contribution in [0.3, 0.4) is 0 Å². The highest BCUT2D eigenvalue weighted by Crippen LogP contribution is 2.24. The van der Waals surface area contributed by atoms with Gasteiger partial charge >= 0.3 is 0 Å². The topological polar surface area (TPSA) is 57.4 Å². The molecular weight excluding hydrogens is 422 g/mol. The highest BCUT2D eigenvalue weighted by Gasteiger charge is 2.22. The summed E-state index contributed by atoms with van der Waals surface area (Å²) in [5.41, 5.74) is 4.51. The summed E-state index contributed by atoms with van der Waals surface area (Å²) >= 11 is 0. The Hall–Kier alpha value is -3.57. The van der Waals surface area contributed by atoms with E-state index < -0.39 is 0 Å². The average molecular weight is 454 g/mol. The molecule has 5 nitrogen and oxygen atoms in total. The smallest absolute Gasteiger partial charge is 0.224 e. The lowest BCUT2D eigenvalue weighted by Crippen LogP contribution is -2.44. The minimum atomic E-state index is 0.108. The molecule has 1 fully saturated rings. The van der Waals surface area contributed by atoms with Crippen molar-refractivity contribution in [2.75, 3.05) is 13.1 Å². The van der Waals surface area contributed by atoms with Crippen molar-refractivity contribution >= 4 is 16.8 Å². The molecule has 34 heavy (non-hydrogen) atoms. The molecule has 5 heteroatoms. The number of hydrogen-bond donors (Lipinski definition) is 2. The fraction of sp³-hybridized carbons (Fsp3) is 0.276. The van der Waals surface area contributed by atoms with Gasteiger partial charge in [0.05, 0.1) is 6.42 Å². The van der Waals surface area contributed by atoms with Crippen molar-refractivity contribution < 1.29 is 9.53 Å². The molecule has 1 aromatic heterocycles. The number of likely N-dealkylation sites (tertiary alicyclic amines) is 1. The Morgan fingerprint density at radius 1 is 0.971 bits per heavy atom. The first-order valence-corrected chi connectivity index (χ1v) is 12.0. The highest BCUT2D eigenvalue weighted by atomic mass is 16.5. The first-order chi connectivity index (χ1) is 16.6. The Labute approximate surface area is 200 Å². The van der Waals surface area contributed by atoms with E-state index in [0.717, 1.165) is 66.1 Å². The summed E-state index contributed by atoms with van der Waals surface area (Å²) in [5.74, 6) is 1.81. The number of amides is 1. The number of carbonyl (C=O) groups excluding carboxylic acids is 1. The molecule has 0 bridgehead atoms. The number of nitrogens with zero attached hydrogens (tertiary/aromatic N) is 1. The number of carbonyl (C=O) groups is 1. The molecule has 3 aromatic carbocycles. The standard InChI is InChI=1S/C29H31N3O2/c1-21-27(26-12-5-6-13-28(26)30-21)19-29(33)31-23-14-16-32(17-15-23)20-22-8-7-11-25(18-22)34-24-9-3-2-4-10-24/h2-13,18,23,30H,14-17,19-20H2,1H3,(H,31,33). The molecule has 0 unspecified atom stereocenters. The van der Waals surface area contributed by atoms with Crippen LogP contribution in [0.1, 0.15) is 29.7 Å². The van der Waals surface area contributed by atoms with E-state index in [4.69, 9.17) is 4.74 Å². The number of hydrogen-bond acceptors (Lipinski definition) is 3. The molecule has 0 radical (unpaired) electrons. The van der Waals surface area contributed by atoms with Crippen molar-refractivity contribution in [1.29, 1.82) is 0 Å². The molecule has 0 saturated carbocycles. The van der Waals surface area contributed by atoms with E-state index >= 15 is 0 Å². The van der Waals surface area contributed by atoms with Crippen LogP contribution >= 0.6 is 0 Å². The maximum atomic E-state index is 12.8. The normalized spacial score (nSPS) is 14.9. The van der Waals surface area contributed by atoms with Crippen molar-refractivity contribution in [2.24, 2.45) is 0 Å². The number of nitrogens with one attached hydrogen (secondary N) is 2. The van der Waals surface area contributed by atoms with Crippen LogP contribution < -0.4 is 10.1 Å². The van der Waals surface area contributed by atoms with Crippen LogP contribution in [0.2, 0.25) is 0 Å². The number of para-hydroxylation sites is 2. The van der Waals surface area contributed by atoms with Crippen molar-refractivity contribution in [3.63, 3.8) is 0 Å². The van der Waals surface area contributed by atoms with E-state index in [2.05, 4.69) is 39.5 Å². The van der Waals surface area contributed by atoms with Gasteiger partial charge in [-0.25, -0.2) is 0 Å². The summed E-state index contributed by atoms with van der Waals surface area (Å²) in [7, 11) is 0. The molecule has 0 aliphatic carbocycles. The van der Waals surface area contributed by atoms with Gasteiger partial charge in [-0.05, 0) is 61.2 Å². The van der Waals surface area contributed by atoms with Crippen LogP contribution in [-0.2, 0) is 17.8 Å². The Balaban J connectivity index is 1.12. The molecule has 2 heterocycles. The van der Waals surface area contributed by atoms with Crippen molar-refractivity contribution in [1.82, 2.24) is 15.2 Å². The van der Waals surface area contributed by atoms with Gasteiger partial charge in [0, 0.05) is 42.3 Å². The number of benzene rings is 3. The van der Waals surface area contributed by atoms with Crippen LogP contribution in [0.4, 0.5) is 0 Å². The van der Waals surface area contributed by atoms with E-state index in [9.17, 15) is 4.79 Å². The molecule has 1 amide bonds. The second-order valence-electron chi connectivity index (χ2n) is 9.13. The van der Waals surface area contributed by atoms with Crippen LogP contribution in [0, 0.1) is 6.92 Å². The Kier molecular flexibility index (Phi) is 6.63. The summed E-state index contributed by atoms with van der Waals surface area (Å²) in [6.45, 7) is 4.88. The van der Waals surface area contributed by atoms with E-state index in [0.29, 0.717) is 6.42 Å². The van der Waals surface area contributed by atoms with Crippen LogP contribution in [0.25, 0.3) is 10.9 Å². The number of aromatic nitrogens is 1. The third-order valence-corrected chi connectivity index (χ3v) is 6.60. The second kappa shape index (κ2) is 10.1. The average Bonchev–Trinajstić information content (AvgIpc) is 3.16. The summed E-state index contributed by atoms with van der Waals surface area (Å²) in [4.78, 5) is 18.6. The number of piperidine rings is 1. The van der Waals surface area contributed by atoms with Gasteiger partial charge in [-0.15, -0.1) is 0 Å². The predicted molar refractivity (Wildman–Crippen MR) is 136 cm³/mol. The monoisotopic (exact) mass is 453 g/mol. The Bertz CT molecular complexity index is 1260. The highest BCUT2D eigenvalue weighted by molar-refractivity contribution is 5.90. The number of ether oxygens (including phenoxy) is 1. The number of rotatable bonds is 7. The molecular formula is C29H31N3O2. The zero-order valence-electron chi connectivity index (χ0n) is 19.6. The molecule has 1 saturated heterocycles. The van der Waals surface area contributed by atoms with Gasteiger partial charge in [-0.2, -0.15) is 0 Å². The zero-order valence-corrected chi connectivity index (χ0v) is 19.6. The van der Waals surface area contributed by atoms with Crippen LogP contribution in [-0.4, -0.2) is 34.9 Å². The number of aryl methyl sites for hydroxylation is 1. The lowest BCUT2D eigenvalue weighted by Gasteiger charge is -2.32. The molecule has 5 rings (SSSR count). The second-order valence-corrected chi connectivity index (χ2v) is 9.13. The molecule has 174 valence electrons. The van der Waals surface area contributed by atoms with Gasteiger partial charge in [-0.3, -0.25) is 9.69 Å². The minimum absolute atomic E-state index is 0.108. The minimum Gasteiger partial charge on any atom is -0.457 e. The molecule has 1 aliphatic rings. The van der Waals surface area contributed by atoms with Gasteiger partial charge in [0.25, 0.3) is 0 Å². The fourth-order valence-electron chi connectivity index (χ4n) is 4.83. The molecule has 0 atom stereocenters. The fourth-order valence-corrected chi connectivity index (χ4v) is 4.83. The zero-order chi connectivity index (χ0) is 23.3. The third kappa shape index (κ3) is 5.32. The summed E-state index contributed by atoms with van der Waals surface area (Å²) < 4.78 is 5.98. The number of fused-ring (bicyclic) bond motifs is 1. The van der Waals surface area contributed by atoms with E-state index in [1.165, 1.54) is 5.56 Å². The maximum Gasteiger partial charge on any atom is 0.224 e. The van der Waals surface area contributed by atoms with Gasteiger partial charge in [0.2, 0.25) is 5.91 Å². The van der Waals surface area contributed by atoms with E-state index in [1.54, 1.807) is 0 Å². The van der Waals surface area contributed by atoms with E-state index in [1.807, 2.05) is 61.5 Å². The number of aromatic amines is 1. The lowest BCUT2D eigenvalue weighted by atomic mass is 10.0. The lowest BCUT2D eigenvalue weighted by molar-refractivity contribution is -0.121. The summed E-state index contributed by atoms with van der Waals surface area (Å²) in [6.07, 6.45) is 2.36. The largest absolute Gasteiger partial charge is 0.457 e. The molecule has 0 spiro atoms. The van der Waals surface area contributed by atoms with E-state index in [-0.39, 0.29) is 11.9 Å². The Morgan fingerprint density at radius 2 is 1.71 bits per heavy atom. The van der Waals surface area contributed by atoms with Crippen molar-refractivity contribution in [2.45, 2.75) is 38.8 Å². The van der Waals surface area contributed by atoms with Gasteiger partial charge in [0.15, 0.2) is 0 Å². The SMILES string of the molecule is Cc1[nH]c2ccccc2c1CC(=O)NC1CCN(Cc2cccc(Oc3ccccc3)c2)CC1. The Morgan fingerprint density at radius 3 is 2.53 bits per heavy atom. The molecule has 1 aliphatic heterocycles. The van der Waals surface area contributed by atoms with Crippen molar-refractivity contribution in [3.8, 4) is 11.5 Å². The molecule has 4 aromatic rings. The third-order valence-electron chi connectivity index (χ3n) is 6.60. The summed E-state index contributed by atoms with van der Waals surface area (Å²) in [6, 6.07) is 26.6. The number of H-pyrrole nitrogens is 1.